The highest BCUT2D eigenvalue weighted by Gasteiger charge is 2.16. The van der Waals surface area contributed by atoms with Crippen LogP contribution in [-0.2, 0) is 0 Å². The molecule has 0 heterocycles. The van der Waals surface area contributed by atoms with Crippen LogP contribution in [0.1, 0.15) is 46.2 Å². The van der Waals surface area contributed by atoms with Crippen LogP contribution in [0.15, 0.2) is 22.7 Å². The highest BCUT2D eigenvalue weighted by atomic mass is 79.9. The van der Waals surface area contributed by atoms with Crippen LogP contribution in [0.4, 0.5) is 5.69 Å². The lowest BCUT2D eigenvalue weighted by atomic mass is 10.0. The van der Waals surface area contributed by atoms with Gasteiger partial charge in [0.25, 0.3) is 0 Å². The first-order valence-corrected chi connectivity index (χ1v) is 7.60. The molecule has 0 saturated heterocycles. The first-order chi connectivity index (χ1) is 8.51. The van der Waals surface area contributed by atoms with Crippen LogP contribution in [0.3, 0.4) is 0 Å². The number of anilines is 1. The predicted octanol–water partition coefficient (Wildman–Crippen LogP) is 4.35. The van der Waals surface area contributed by atoms with Crippen molar-refractivity contribution in [3.05, 3.63) is 28.2 Å². The van der Waals surface area contributed by atoms with Crippen molar-refractivity contribution in [2.45, 2.75) is 46.7 Å². The molecule has 1 aromatic carbocycles. The summed E-state index contributed by atoms with van der Waals surface area (Å²) in [4.78, 5) is 2.44. The lowest BCUT2D eigenvalue weighted by Crippen LogP contribution is -2.32. The second-order valence-electron chi connectivity index (χ2n) is 4.86. The average molecular weight is 313 g/mol. The molecule has 1 rings (SSSR count). The van der Waals surface area contributed by atoms with E-state index >= 15 is 0 Å². The molecular formula is C15H25BrN2. The predicted molar refractivity (Wildman–Crippen MR) is 84.4 cm³/mol. The molecule has 0 saturated carbocycles. The molecule has 0 bridgehead atoms. The fraction of sp³-hybridized carbons (Fsp3) is 0.600. The Morgan fingerprint density at radius 2 is 1.89 bits per heavy atom. The number of halogens is 1. The Kier molecular flexibility index (Phi) is 6.16. The normalized spacial score (nSPS) is 12.8. The summed E-state index contributed by atoms with van der Waals surface area (Å²) in [5.74, 6) is 0. The minimum absolute atomic E-state index is 0.371. The molecule has 0 fully saturated rings. The number of hydrogen-bond donors (Lipinski definition) is 1. The maximum Gasteiger partial charge on any atom is 0.0417 e. The molecular weight excluding hydrogens is 288 g/mol. The van der Waals surface area contributed by atoms with E-state index in [0.717, 1.165) is 17.6 Å². The number of nitrogens with zero attached hydrogens (tertiary/aromatic N) is 1. The Balaban J connectivity index is 3.17. The molecule has 1 N–H and O–H groups in total. The molecule has 102 valence electrons. The van der Waals surface area contributed by atoms with Crippen LogP contribution in [-0.4, -0.2) is 19.1 Å². The SMILES string of the molecule is CCNC(C)c1cc(Br)ccc1N(CC)C(C)C. The van der Waals surface area contributed by atoms with Crippen LogP contribution < -0.4 is 10.2 Å². The van der Waals surface area contributed by atoms with Crippen LogP contribution >= 0.6 is 15.9 Å². The van der Waals surface area contributed by atoms with Crippen molar-refractivity contribution in [1.29, 1.82) is 0 Å². The molecule has 2 nitrogen and oxygen atoms in total. The van der Waals surface area contributed by atoms with E-state index in [-0.39, 0.29) is 0 Å². The molecule has 0 aromatic heterocycles. The highest BCUT2D eigenvalue weighted by Crippen LogP contribution is 2.30. The van der Waals surface area contributed by atoms with Crippen LogP contribution in [0.2, 0.25) is 0 Å². The van der Waals surface area contributed by atoms with Crippen LogP contribution in [0.5, 0.6) is 0 Å². The van der Waals surface area contributed by atoms with Crippen molar-refractivity contribution in [3.8, 4) is 0 Å². The Morgan fingerprint density at radius 1 is 1.22 bits per heavy atom. The van der Waals surface area contributed by atoms with Gasteiger partial charge in [0.05, 0.1) is 0 Å². The zero-order valence-corrected chi connectivity index (χ0v) is 13.7. The quantitative estimate of drug-likeness (QED) is 0.840. The van der Waals surface area contributed by atoms with Gasteiger partial charge >= 0.3 is 0 Å². The minimum atomic E-state index is 0.371. The summed E-state index contributed by atoms with van der Waals surface area (Å²) in [6.07, 6.45) is 0. The molecule has 3 heteroatoms. The van der Waals surface area contributed by atoms with Crippen molar-refractivity contribution in [2.24, 2.45) is 0 Å². The zero-order valence-electron chi connectivity index (χ0n) is 12.1. The Morgan fingerprint density at radius 3 is 2.39 bits per heavy atom. The van der Waals surface area contributed by atoms with E-state index in [4.69, 9.17) is 0 Å². The van der Waals surface area contributed by atoms with Gasteiger partial charge in [-0.2, -0.15) is 0 Å². The van der Waals surface area contributed by atoms with Gasteiger partial charge in [0, 0.05) is 28.8 Å². The second kappa shape index (κ2) is 7.15. The van der Waals surface area contributed by atoms with E-state index in [1.165, 1.54) is 11.3 Å². The Labute approximate surface area is 120 Å². The van der Waals surface area contributed by atoms with E-state index in [1.54, 1.807) is 0 Å². The molecule has 1 aromatic rings. The standard InChI is InChI=1S/C15H25BrN2/c1-6-17-12(5)14-10-13(16)8-9-15(14)18(7-2)11(3)4/h8-12,17H,6-7H2,1-5H3. The molecule has 0 spiro atoms. The Hall–Kier alpha value is -0.540. The molecule has 0 radical (unpaired) electrons. The fourth-order valence-electron chi connectivity index (χ4n) is 2.36. The molecule has 0 aliphatic rings. The van der Waals surface area contributed by atoms with Crippen LogP contribution in [0.25, 0.3) is 0 Å². The van der Waals surface area contributed by atoms with E-state index in [9.17, 15) is 0 Å². The minimum Gasteiger partial charge on any atom is -0.369 e. The summed E-state index contributed by atoms with van der Waals surface area (Å²) in [6.45, 7) is 13.1. The van der Waals surface area contributed by atoms with Gasteiger partial charge in [0.15, 0.2) is 0 Å². The van der Waals surface area contributed by atoms with Crippen molar-refractivity contribution >= 4 is 21.6 Å². The molecule has 0 aliphatic heterocycles. The number of rotatable bonds is 6. The van der Waals surface area contributed by atoms with E-state index in [1.807, 2.05) is 0 Å². The van der Waals surface area contributed by atoms with E-state index in [2.05, 4.69) is 79.0 Å². The van der Waals surface area contributed by atoms with Gasteiger partial charge in [-0.25, -0.2) is 0 Å². The average Bonchev–Trinajstić information content (AvgIpc) is 2.31. The van der Waals surface area contributed by atoms with Crippen LogP contribution in [0, 0.1) is 0 Å². The maximum absolute atomic E-state index is 3.58. The third-order valence-electron chi connectivity index (χ3n) is 3.24. The molecule has 1 atom stereocenters. The molecule has 0 aliphatic carbocycles. The molecule has 1 unspecified atom stereocenters. The van der Waals surface area contributed by atoms with Gasteiger partial charge in [0.1, 0.15) is 0 Å². The molecule has 18 heavy (non-hydrogen) atoms. The number of hydrogen-bond acceptors (Lipinski definition) is 2. The van der Waals surface area contributed by atoms with Gasteiger partial charge in [-0.3, -0.25) is 0 Å². The maximum atomic E-state index is 3.58. The molecule has 0 amide bonds. The number of benzene rings is 1. The topological polar surface area (TPSA) is 15.3 Å². The smallest absolute Gasteiger partial charge is 0.0417 e. The Bertz CT molecular complexity index is 377. The van der Waals surface area contributed by atoms with E-state index < -0.39 is 0 Å². The van der Waals surface area contributed by atoms with Gasteiger partial charge in [-0.15, -0.1) is 0 Å². The highest BCUT2D eigenvalue weighted by molar-refractivity contribution is 9.10. The first kappa shape index (κ1) is 15.5. The monoisotopic (exact) mass is 312 g/mol. The summed E-state index contributed by atoms with van der Waals surface area (Å²) >= 11 is 3.58. The lowest BCUT2D eigenvalue weighted by Gasteiger charge is -2.31. The van der Waals surface area contributed by atoms with Crippen molar-refractivity contribution in [2.75, 3.05) is 18.0 Å². The van der Waals surface area contributed by atoms with Gasteiger partial charge < -0.3 is 10.2 Å². The van der Waals surface area contributed by atoms with Crippen molar-refractivity contribution in [1.82, 2.24) is 5.32 Å². The van der Waals surface area contributed by atoms with Crippen molar-refractivity contribution < 1.29 is 0 Å². The van der Waals surface area contributed by atoms with Gasteiger partial charge in [-0.05, 0) is 58.0 Å². The summed E-state index contributed by atoms with van der Waals surface area (Å²) < 4.78 is 1.14. The summed E-state index contributed by atoms with van der Waals surface area (Å²) in [6, 6.07) is 7.46. The number of nitrogens with one attached hydrogen (secondary N) is 1. The summed E-state index contributed by atoms with van der Waals surface area (Å²) in [7, 11) is 0. The van der Waals surface area contributed by atoms with Crippen molar-refractivity contribution in [3.63, 3.8) is 0 Å². The van der Waals surface area contributed by atoms with E-state index in [0.29, 0.717) is 12.1 Å². The summed E-state index contributed by atoms with van der Waals surface area (Å²) in [5.41, 5.74) is 2.70. The van der Waals surface area contributed by atoms with Gasteiger partial charge in [0.2, 0.25) is 0 Å². The third-order valence-corrected chi connectivity index (χ3v) is 3.73. The second-order valence-corrected chi connectivity index (χ2v) is 5.78. The third kappa shape index (κ3) is 3.72. The first-order valence-electron chi connectivity index (χ1n) is 6.80. The zero-order chi connectivity index (χ0) is 13.7. The summed E-state index contributed by atoms with van der Waals surface area (Å²) in [5, 5.41) is 3.50. The fourth-order valence-corrected chi connectivity index (χ4v) is 2.74. The largest absolute Gasteiger partial charge is 0.369 e. The lowest BCUT2D eigenvalue weighted by molar-refractivity contribution is 0.591. The van der Waals surface area contributed by atoms with Gasteiger partial charge in [-0.1, -0.05) is 22.9 Å².